The average Bonchev–Trinajstić information content (AvgIpc) is 3.38. The summed E-state index contributed by atoms with van der Waals surface area (Å²) in [6.45, 7) is -0.400. The van der Waals surface area contributed by atoms with Gasteiger partial charge in [0.15, 0.2) is 22.6 Å². The molecule has 1 aromatic carbocycles. The maximum Gasteiger partial charge on any atom is 0.280 e. The third kappa shape index (κ3) is 6.19. The van der Waals surface area contributed by atoms with Gasteiger partial charge in [0.2, 0.25) is 10.0 Å². The minimum atomic E-state index is -3.82. The summed E-state index contributed by atoms with van der Waals surface area (Å²) in [7, 11) is -0.731. The van der Waals surface area contributed by atoms with E-state index in [4.69, 9.17) is 9.94 Å². The van der Waals surface area contributed by atoms with Crippen LogP contribution in [0.15, 0.2) is 52.8 Å². The van der Waals surface area contributed by atoms with Crippen molar-refractivity contribution in [3.8, 4) is 0 Å². The molecule has 0 bridgehead atoms. The molecule has 0 saturated heterocycles. The molecule has 0 radical (unpaired) electrons. The molecular formula is C19H21FN6O5S2. The van der Waals surface area contributed by atoms with Gasteiger partial charge >= 0.3 is 0 Å². The molecule has 33 heavy (non-hydrogen) atoms. The fourth-order valence-corrected chi connectivity index (χ4v) is 4.32. The molecule has 11 nitrogen and oxygen atoms in total. The zero-order valence-electron chi connectivity index (χ0n) is 17.7. The van der Waals surface area contributed by atoms with Crippen molar-refractivity contribution in [1.29, 1.82) is 0 Å². The largest absolute Gasteiger partial charge is 0.395 e. The first-order chi connectivity index (χ1) is 15.7. The van der Waals surface area contributed by atoms with Gasteiger partial charge in [0.25, 0.3) is 5.91 Å². The summed E-state index contributed by atoms with van der Waals surface area (Å²) < 4.78 is 40.9. The van der Waals surface area contributed by atoms with Crippen molar-refractivity contribution in [2.75, 3.05) is 25.5 Å². The zero-order chi connectivity index (χ0) is 24.0. The van der Waals surface area contributed by atoms with E-state index in [1.165, 1.54) is 31.3 Å². The zero-order valence-corrected chi connectivity index (χ0v) is 19.3. The van der Waals surface area contributed by atoms with Crippen molar-refractivity contribution < 1.29 is 27.5 Å². The van der Waals surface area contributed by atoms with E-state index in [2.05, 4.69) is 20.6 Å². The summed E-state index contributed by atoms with van der Waals surface area (Å²) in [6.07, 6.45) is 2.69. The van der Waals surface area contributed by atoms with Gasteiger partial charge < -0.3 is 9.94 Å². The summed E-state index contributed by atoms with van der Waals surface area (Å²) >= 11 is 0.642. The van der Waals surface area contributed by atoms with E-state index in [1.807, 2.05) is 0 Å². The predicted molar refractivity (Wildman–Crippen MR) is 119 cm³/mol. The Morgan fingerprint density at radius 3 is 2.64 bits per heavy atom. The van der Waals surface area contributed by atoms with E-state index in [-0.39, 0.29) is 41.1 Å². The number of thiazole rings is 1. The van der Waals surface area contributed by atoms with Gasteiger partial charge in [0.05, 0.1) is 17.7 Å². The highest BCUT2D eigenvalue weighted by Crippen LogP contribution is 2.18. The average molecular weight is 497 g/mol. The number of nitrogens with one attached hydrogen (secondary N) is 1. The van der Waals surface area contributed by atoms with Gasteiger partial charge in [-0.25, -0.2) is 13.4 Å². The quantitative estimate of drug-likeness (QED) is 0.317. The topological polar surface area (TPSA) is 139 Å². The lowest BCUT2D eigenvalue weighted by atomic mass is 10.1. The molecule has 0 unspecified atom stereocenters. The van der Waals surface area contributed by atoms with Crippen LogP contribution < -0.4 is 5.32 Å². The van der Waals surface area contributed by atoms with Crippen LogP contribution in [-0.4, -0.2) is 64.4 Å². The van der Waals surface area contributed by atoms with Crippen molar-refractivity contribution >= 4 is 38.1 Å². The molecule has 0 aliphatic carbocycles. The monoisotopic (exact) mass is 496 g/mol. The Kier molecular flexibility index (Phi) is 7.86. The number of rotatable bonds is 10. The number of aliphatic hydroxyl groups is 1. The van der Waals surface area contributed by atoms with Gasteiger partial charge in [-0.05, 0) is 18.2 Å². The number of aliphatic hydroxyl groups excluding tert-OH is 1. The molecule has 2 N–H and O–H groups in total. The van der Waals surface area contributed by atoms with Crippen LogP contribution >= 0.6 is 11.3 Å². The van der Waals surface area contributed by atoms with Gasteiger partial charge in [0, 0.05) is 32.4 Å². The van der Waals surface area contributed by atoms with Gasteiger partial charge in [-0.15, -0.1) is 0 Å². The minimum Gasteiger partial charge on any atom is -0.395 e. The highest BCUT2D eigenvalue weighted by atomic mass is 32.2. The number of aryl methyl sites for hydroxylation is 1. The highest BCUT2D eigenvalue weighted by molar-refractivity contribution is 7.89. The maximum atomic E-state index is 13.2. The lowest BCUT2D eigenvalue weighted by molar-refractivity contribution is -0.110. The Bertz CT molecular complexity index is 1240. The lowest BCUT2D eigenvalue weighted by Gasteiger charge is -2.16. The van der Waals surface area contributed by atoms with Crippen molar-refractivity contribution in [1.82, 2.24) is 19.1 Å². The molecule has 3 aromatic rings. The number of benzene rings is 1. The third-order valence-corrected chi connectivity index (χ3v) is 6.87. The van der Waals surface area contributed by atoms with E-state index in [0.29, 0.717) is 17.0 Å². The summed E-state index contributed by atoms with van der Waals surface area (Å²) in [5.74, 6) is -0.724. The summed E-state index contributed by atoms with van der Waals surface area (Å²) in [5, 5.41) is 18.9. The fraction of sp³-hybridized carbons (Fsp3) is 0.263. The molecule has 0 fully saturated rings. The van der Waals surface area contributed by atoms with Crippen LogP contribution in [0.3, 0.4) is 0 Å². The van der Waals surface area contributed by atoms with Gasteiger partial charge in [0.1, 0.15) is 5.69 Å². The van der Waals surface area contributed by atoms with E-state index < -0.39 is 21.1 Å². The van der Waals surface area contributed by atoms with Crippen molar-refractivity contribution in [2.45, 2.75) is 11.5 Å². The molecule has 14 heteroatoms. The SMILES string of the molecule is CN(CCO)S(=O)(=O)c1ccc(/C(=N\OCc2ccn(C)n2)C(=O)Nc2ncc(F)s2)cc1. The second-order valence-corrected chi connectivity index (χ2v) is 9.72. The standard InChI is InChI=1S/C19H21FN6O5S2/c1-25-8-7-14(23-25)12-31-24-17(18(28)22-19-21-11-16(20)32-19)13-3-5-15(6-4-13)33(29,30)26(2)9-10-27/h3-8,11,27H,9-10,12H2,1-2H3,(H,21,22,28)/b24-17+. The molecular weight excluding hydrogens is 475 g/mol. The summed E-state index contributed by atoms with van der Waals surface area (Å²) in [6, 6.07) is 7.12. The molecule has 0 spiro atoms. The number of anilines is 1. The van der Waals surface area contributed by atoms with E-state index >= 15 is 0 Å². The van der Waals surface area contributed by atoms with Gasteiger partial charge in [-0.2, -0.15) is 13.8 Å². The number of amides is 1. The first-order valence-electron chi connectivity index (χ1n) is 9.49. The van der Waals surface area contributed by atoms with Crippen LogP contribution in [0.5, 0.6) is 0 Å². The Balaban J connectivity index is 1.85. The number of carbonyl (C=O) groups is 1. The fourth-order valence-electron chi connectivity index (χ4n) is 2.62. The van der Waals surface area contributed by atoms with Crippen molar-refractivity contribution in [3.63, 3.8) is 0 Å². The Morgan fingerprint density at radius 1 is 1.33 bits per heavy atom. The van der Waals surface area contributed by atoms with Crippen LogP contribution in [0.4, 0.5) is 9.52 Å². The summed E-state index contributed by atoms with van der Waals surface area (Å²) in [4.78, 5) is 21.8. The molecule has 2 aromatic heterocycles. The number of nitrogens with zero attached hydrogens (tertiary/aromatic N) is 5. The van der Waals surface area contributed by atoms with E-state index in [1.54, 1.807) is 24.0 Å². The number of likely N-dealkylation sites (N-methyl/N-ethyl adjacent to an activating group) is 1. The van der Waals surface area contributed by atoms with E-state index in [9.17, 15) is 17.6 Å². The van der Waals surface area contributed by atoms with Crippen LogP contribution in [0, 0.1) is 5.13 Å². The number of hydrogen-bond donors (Lipinski definition) is 2. The number of halogens is 1. The number of oxime groups is 1. The molecule has 0 atom stereocenters. The third-order valence-electron chi connectivity index (χ3n) is 4.30. The second-order valence-electron chi connectivity index (χ2n) is 6.69. The first-order valence-corrected chi connectivity index (χ1v) is 11.7. The number of aromatic nitrogens is 3. The molecule has 3 rings (SSSR count). The van der Waals surface area contributed by atoms with Crippen LogP contribution in [0.2, 0.25) is 0 Å². The molecule has 0 aliphatic heterocycles. The second kappa shape index (κ2) is 10.6. The highest BCUT2D eigenvalue weighted by Gasteiger charge is 2.22. The molecule has 0 aliphatic rings. The Hall–Kier alpha value is -3.20. The molecule has 1 amide bonds. The minimum absolute atomic E-state index is 0.0120. The predicted octanol–water partition coefficient (Wildman–Crippen LogP) is 1.19. The molecule has 0 saturated carbocycles. The van der Waals surface area contributed by atoms with Gasteiger partial charge in [-0.1, -0.05) is 28.6 Å². The van der Waals surface area contributed by atoms with Gasteiger partial charge in [-0.3, -0.25) is 14.8 Å². The molecule has 2 heterocycles. The smallest absolute Gasteiger partial charge is 0.280 e. The van der Waals surface area contributed by atoms with E-state index in [0.717, 1.165) is 10.5 Å². The Morgan fingerprint density at radius 2 is 2.06 bits per heavy atom. The first kappa shape index (κ1) is 24.4. The summed E-state index contributed by atoms with van der Waals surface area (Å²) in [5.41, 5.74) is 0.667. The van der Waals surface area contributed by atoms with Crippen molar-refractivity contribution in [2.24, 2.45) is 12.2 Å². The van der Waals surface area contributed by atoms with Crippen LogP contribution in [0.1, 0.15) is 11.3 Å². The lowest BCUT2D eigenvalue weighted by Crippen LogP contribution is -2.29. The Labute approximate surface area is 193 Å². The maximum absolute atomic E-state index is 13.2. The number of sulfonamides is 1. The number of carbonyl (C=O) groups excluding carboxylic acids is 1. The normalized spacial score (nSPS) is 12.2. The molecule has 176 valence electrons. The number of hydrogen-bond acceptors (Lipinski definition) is 9. The van der Waals surface area contributed by atoms with Crippen molar-refractivity contribution in [3.05, 3.63) is 59.1 Å². The van der Waals surface area contributed by atoms with Crippen LogP contribution in [-0.2, 0) is 33.3 Å². The van der Waals surface area contributed by atoms with Crippen LogP contribution in [0.25, 0.3) is 0 Å².